The van der Waals surface area contributed by atoms with E-state index in [0.717, 1.165) is 16.7 Å². The van der Waals surface area contributed by atoms with Crippen LogP contribution in [-0.4, -0.2) is 12.6 Å². The smallest absolute Gasteiger partial charge is 0.319 e. The number of urea groups is 1. The molecule has 0 bridgehead atoms. The maximum absolute atomic E-state index is 12.3. The lowest BCUT2D eigenvalue weighted by molar-refractivity contribution is 0.253. The molecule has 0 saturated carbocycles. The molecule has 0 atom stereocenters. The first-order valence-electron chi connectivity index (χ1n) is 8.50. The molecular formula is C22H21ClN2O. The molecule has 26 heavy (non-hydrogen) atoms. The molecule has 0 aliphatic heterocycles. The summed E-state index contributed by atoms with van der Waals surface area (Å²) in [4.78, 5) is 13.8. The molecule has 0 aliphatic carbocycles. The van der Waals surface area contributed by atoms with Crippen LogP contribution in [0.5, 0.6) is 0 Å². The van der Waals surface area contributed by atoms with Crippen molar-refractivity contribution in [2.24, 2.45) is 5.73 Å². The van der Waals surface area contributed by atoms with E-state index in [1.54, 1.807) is 4.90 Å². The summed E-state index contributed by atoms with van der Waals surface area (Å²) < 4.78 is 0. The zero-order chi connectivity index (χ0) is 18.5. The molecule has 0 spiro atoms. The number of benzene rings is 3. The van der Waals surface area contributed by atoms with Crippen LogP contribution in [-0.2, 0) is 0 Å². The molecule has 3 rings (SSSR count). The van der Waals surface area contributed by atoms with Gasteiger partial charge in [-0.3, -0.25) is 4.90 Å². The minimum absolute atomic E-state index is 0.0125. The van der Waals surface area contributed by atoms with E-state index in [4.69, 9.17) is 17.3 Å². The fourth-order valence-electron chi connectivity index (χ4n) is 3.10. The fraction of sp³-hybridized carbons (Fsp3) is 0.136. The third-order valence-corrected chi connectivity index (χ3v) is 4.99. The van der Waals surface area contributed by atoms with Gasteiger partial charge >= 0.3 is 6.03 Å². The molecule has 2 N–H and O–H groups in total. The Kier molecular flexibility index (Phi) is 5.59. The number of hydrogen-bond donors (Lipinski definition) is 1. The van der Waals surface area contributed by atoms with Gasteiger partial charge in [-0.1, -0.05) is 84.4 Å². The fourth-order valence-corrected chi connectivity index (χ4v) is 3.33. The van der Waals surface area contributed by atoms with Gasteiger partial charge in [0.25, 0.3) is 0 Å². The van der Waals surface area contributed by atoms with Crippen molar-refractivity contribution in [3.63, 3.8) is 0 Å². The summed E-state index contributed by atoms with van der Waals surface area (Å²) in [5.74, 6) is -0.0125. The van der Waals surface area contributed by atoms with Gasteiger partial charge in [0.15, 0.2) is 0 Å². The molecule has 3 aromatic rings. The van der Waals surface area contributed by atoms with Crippen LogP contribution in [0.2, 0.25) is 5.02 Å². The largest absolute Gasteiger partial charge is 0.351 e. The maximum atomic E-state index is 12.3. The SMILES string of the molecule is Cc1cccc(N(CC(c2ccccc2)c2ccccc2)C(N)=O)c1Cl. The monoisotopic (exact) mass is 364 g/mol. The van der Waals surface area contributed by atoms with Crippen molar-refractivity contribution in [3.05, 3.63) is 101 Å². The number of carbonyl (C=O) groups is 1. The summed E-state index contributed by atoms with van der Waals surface area (Å²) in [5.41, 5.74) is 9.50. The van der Waals surface area contributed by atoms with Crippen LogP contribution < -0.4 is 10.6 Å². The lowest BCUT2D eigenvalue weighted by Gasteiger charge is -2.28. The Morgan fingerprint density at radius 1 is 0.923 bits per heavy atom. The Balaban J connectivity index is 2.04. The third kappa shape index (κ3) is 3.89. The van der Waals surface area contributed by atoms with E-state index in [2.05, 4.69) is 24.3 Å². The number of hydrogen-bond acceptors (Lipinski definition) is 1. The first-order chi connectivity index (χ1) is 12.6. The average Bonchev–Trinajstić information content (AvgIpc) is 2.66. The summed E-state index contributed by atoms with van der Waals surface area (Å²) in [6.45, 7) is 2.32. The number of halogens is 1. The van der Waals surface area contributed by atoms with Crippen LogP contribution in [0.1, 0.15) is 22.6 Å². The normalized spacial score (nSPS) is 10.7. The first-order valence-corrected chi connectivity index (χ1v) is 8.87. The predicted octanol–water partition coefficient (Wildman–Crippen LogP) is 5.37. The molecule has 132 valence electrons. The van der Waals surface area contributed by atoms with Crippen molar-refractivity contribution in [3.8, 4) is 0 Å². The van der Waals surface area contributed by atoms with Crippen LogP contribution in [0.3, 0.4) is 0 Å². The molecule has 0 radical (unpaired) electrons. The number of carbonyl (C=O) groups excluding carboxylic acids is 1. The maximum Gasteiger partial charge on any atom is 0.319 e. The highest BCUT2D eigenvalue weighted by Crippen LogP contribution is 2.32. The highest BCUT2D eigenvalue weighted by atomic mass is 35.5. The number of aryl methyl sites for hydroxylation is 1. The molecule has 0 aromatic heterocycles. The molecule has 4 heteroatoms. The molecule has 0 unspecified atom stereocenters. The zero-order valence-electron chi connectivity index (χ0n) is 14.6. The van der Waals surface area contributed by atoms with E-state index in [-0.39, 0.29) is 5.92 Å². The number of anilines is 1. The predicted molar refractivity (Wildman–Crippen MR) is 108 cm³/mol. The number of nitrogens with zero attached hydrogens (tertiary/aromatic N) is 1. The van der Waals surface area contributed by atoms with Gasteiger partial charge in [-0.25, -0.2) is 4.79 Å². The van der Waals surface area contributed by atoms with E-state index in [1.807, 2.05) is 61.5 Å². The molecule has 0 heterocycles. The highest BCUT2D eigenvalue weighted by molar-refractivity contribution is 6.34. The van der Waals surface area contributed by atoms with Gasteiger partial charge in [0.05, 0.1) is 10.7 Å². The first kappa shape index (κ1) is 18.0. The molecule has 2 amide bonds. The molecule has 3 aromatic carbocycles. The van der Waals surface area contributed by atoms with Crippen LogP contribution >= 0.6 is 11.6 Å². The van der Waals surface area contributed by atoms with Crippen LogP contribution in [0.25, 0.3) is 0 Å². The van der Waals surface area contributed by atoms with E-state index in [0.29, 0.717) is 17.3 Å². The van der Waals surface area contributed by atoms with Gasteiger partial charge in [-0.15, -0.1) is 0 Å². The van der Waals surface area contributed by atoms with E-state index >= 15 is 0 Å². The van der Waals surface area contributed by atoms with Crippen molar-refractivity contribution in [2.75, 3.05) is 11.4 Å². The quantitative estimate of drug-likeness (QED) is 0.650. The van der Waals surface area contributed by atoms with Crippen LogP contribution in [0.4, 0.5) is 10.5 Å². The zero-order valence-corrected chi connectivity index (χ0v) is 15.4. The molecule has 0 saturated heterocycles. The Morgan fingerprint density at radius 3 is 1.96 bits per heavy atom. The summed E-state index contributed by atoms with van der Waals surface area (Å²) in [5, 5.41) is 0.547. The van der Waals surface area contributed by atoms with Crippen LogP contribution in [0.15, 0.2) is 78.9 Å². The number of rotatable bonds is 5. The topological polar surface area (TPSA) is 46.3 Å². The van der Waals surface area contributed by atoms with Gasteiger partial charge in [-0.05, 0) is 29.7 Å². The molecule has 0 aliphatic rings. The van der Waals surface area contributed by atoms with Crippen molar-refractivity contribution >= 4 is 23.3 Å². The second-order valence-corrected chi connectivity index (χ2v) is 6.61. The molecular weight excluding hydrogens is 344 g/mol. The van der Waals surface area contributed by atoms with Gasteiger partial charge in [-0.2, -0.15) is 0 Å². The second kappa shape index (κ2) is 8.07. The number of primary amides is 1. The minimum atomic E-state index is -0.519. The lowest BCUT2D eigenvalue weighted by Crippen LogP contribution is -2.39. The summed E-state index contributed by atoms with van der Waals surface area (Å²) in [7, 11) is 0. The number of amides is 2. The van der Waals surface area contributed by atoms with Crippen LogP contribution in [0, 0.1) is 6.92 Å². The number of nitrogens with two attached hydrogens (primary N) is 1. The van der Waals surface area contributed by atoms with Crippen molar-refractivity contribution in [2.45, 2.75) is 12.8 Å². The Hall–Kier alpha value is -2.78. The average molecular weight is 365 g/mol. The van der Waals surface area contributed by atoms with Gasteiger partial charge in [0.2, 0.25) is 0 Å². The standard InChI is InChI=1S/C22H21ClN2O/c1-16-9-8-14-20(21(16)23)25(22(24)26)15-19(17-10-4-2-5-11-17)18-12-6-3-7-13-18/h2-14,19H,15H2,1H3,(H2,24,26). The molecule has 3 nitrogen and oxygen atoms in total. The van der Waals surface area contributed by atoms with E-state index < -0.39 is 6.03 Å². The van der Waals surface area contributed by atoms with Crippen molar-refractivity contribution in [1.82, 2.24) is 0 Å². The lowest BCUT2D eigenvalue weighted by atomic mass is 9.90. The Bertz CT molecular complexity index is 842. The van der Waals surface area contributed by atoms with Gasteiger partial charge in [0.1, 0.15) is 0 Å². The third-order valence-electron chi connectivity index (χ3n) is 4.50. The van der Waals surface area contributed by atoms with Gasteiger partial charge in [0, 0.05) is 12.5 Å². The van der Waals surface area contributed by atoms with Crippen molar-refractivity contribution < 1.29 is 4.79 Å². The van der Waals surface area contributed by atoms with E-state index in [9.17, 15) is 4.79 Å². The molecule has 0 fully saturated rings. The summed E-state index contributed by atoms with van der Waals surface area (Å²) in [6.07, 6.45) is 0. The summed E-state index contributed by atoms with van der Waals surface area (Å²) >= 11 is 6.46. The van der Waals surface area contributed by atoms with Gasteiger partial charge < -0.3 is 5.73 Å². The Labute approximate surface area is 159 Å². The van der Waals surface area contributed by atoms with Crippen molar-refractivity contribution in [1.29, 1.82) is 0 Å². The second-order valence-electron chi connectivity index (χ2n) is 6.23. The Morgan fingerprint density at radius 2 is 1.46 bits per heavy atom. The minimum Gasteiger partial charge on any atom is -0.351 e. The summed E-state index contributed by atoms with van der Waals surface area (Å²) in [6, 6.07) is 25.3. The van der Waals surface area contributed by atoms with E-state index in [1.165, 1.54) is 0 Å². The highest BCUT2D eigenvalue weighted by Gasteiger charge is 2.23.